The van der Waals surface area contributed by atoms with Crippen LogP contribution in [0.2, 0.25) is 0 Å². The molecule has 2 aromatic rings. The van der Waals surface area contributed by atoms with E-state index in [2.05, 4.69) is 22.0 Å². The van der Waals surface area contributed by atoms with Gasteiger partial charge < -0.3 is 4.90 Å². The molecular formula is C16H23N5OS. The van der Waals surface area contributed by atoms with Crippen LogP contribution in [0.4, 0.5) is 0 Å². The second kappa shape index (κ2) is 7.21. The van der Waals surface area contributed by atoms with Gasteiger partial charge in [0.25, 0.3) is 5.91 Å². The van der Waals surface area contributed by atoms with E-state index in [0.717, 1.165) is 54.2 Å². The molecule has 0 aliphatic carbocycles. The number of carbonyl (C=O) groups excluding carboxylic acids is 1. The minimum absolute atomic E-state index is 0.118. The lowest BCUT2D eigenvalue weighted by atomic mass is 10.1. The third-order valence-corrected chi connectivity index (χ3v) is 5.48. The summed E-state index contributed by atoms with van der Waals surface area (Å²) >= 11 is 1.56. The highest BCUT2D eigenvalue weighted by Gasteiger charge is 2.28. The maximum Gasteiger partial charge on any atom is 0.265 e. The summed E-state index contributed by atoms with van der Waals surface area (Å²) < 4.78 is 1.87. The average Bonchev–Trinajstić information content (AvgIpc) is 3.22. The third-order valence-electron chi connectivity index (χ3n) is 4.27. The van der Waals surface area contributed by atoms with Gasteiger partial charge in [-0.3, -0.25) is 4.79 Å². The van der Waals surface area contributed by atoms with Gasteiger partial charge in [0.05, 0.1) is 16.7 Å². The second-order valence-electron chi connectivity index (χ2n) is 6.05. The number of piperidine rings is 1. The van der Waals surface area contributed by atoms with E-state index in [1.165, 1.54) is 0 Å². The number of hydrogen-bond donors (Lipinski definition) is 0. The van der Waals surface area contributed by atoms with E-state index in [1.54, 1.807) is 24.0 Å². The predicted octanol–water partition coefficient (Wildman–Crippen LogP) is 2.86. The topological polar surface area (TPSA) is 63.9 Å². The molecule has 2 aromatic heterocycles. The van der Waals surface area contributed by atoms with Crippen molar-refractivity contribution in [2.24, 2.45) is 0 Å². The van der Waals surface area contributed by atoms with E-state index in [-0.39, 0.29) is 11.9 Å². The van der Waals surface area contributed by atoms with Gasteiger partial charge in [-0.15, -0.1) is 11.3 Å². The third kappa shape index (κ3) is 3.60. The molecule has 1 fully saturated rings. The van der Waals surface area contributed by atoms with Crippen LogP contribution in [-0.2, 0) is 6.42 Å². The maximum atomic E-state index is 12.9. The van der Waals surface area contributed by atoms with Crippen molar-refractivity contribution in [2.45, 2.75) is 52.0 Å². The van der Waals surface area contributed by atoms with Crippen molar-refractivity contribution < 1.29 is 4.79 Å². The summed E-state index contributed by atoms with van der Waals surface area (Å²) in [6.45, 7) is 5.62. The second-order valence-corrected chi connectivity index (χ2v) is 7.13. The van der Waals surface area contributed by atoms with E-state index < -0.39 is 0 Å². The highest BCUT2D eigenvalue weighted by Crippen LogP contribution is 2.26. The fourth-order valence-electron chi connectivity index (χ4n) is 2.99. The van der Waals surface area contributed by atoms with Crippen molar-refractivity contribution in [1.82, 2.24) is 24.6 Å². The van der Waals surface area contributed by atoms with Crippen molar-refractivity contribution in [2.75, 3.05) is 13.1 Å². The molecule has 124 valence electrons. The molecular weight excluding hydrogens is 310 g/mol. The van der Waals surface area contributed by atoms with Crippen molar-refractivity contribution in [3.05, 3.63) is 28.2 Å². The Hall–Kier alpha value is -1.76. The standard InChI is InChI=1S/C16H23N5OS/c1-3-4-7-14-19-12(2)15(23-14)16(22)20-8-5-6-13(9-20)21-11-17-10-18-21/h10-11,13H,3-9H2,1-2H3. The lowest BCUT2D eigenvalue weighted by Crippen LogP contribution is -2.40. The zero-order valence-corrected chi connectivity index (χ0v) is 14.6. The van der Waals surface area contributed by atoms with E-state index in [9.17, 15) is 4.79 Å². The molecule has 0 saturated carbocycles. The van der Waals surface area contributed by atoms with Crippen LogP contribution in [0, 0.1) is 6.92 Å². The molecule has 1 amide bonds. The molecule has 0 N–H and O–H groups in total. The van der Waals surface area contributed by atoms with Gasteiger partial charge in [-0.05, 0) is 32.6 Å². The predicted molar refractivity (Wildman–Crippen MR) is 89.7 cm³/mol. The molecule has 3 rings (SSSR count). The Morgan fingerprint density at radius 1 is 1.48 bits per heavy atom. The highest BCUT2D eigenvalue weighted by molar-refractivity contribution is 7.13. The number of amides is 1. The summed E-state index contributed by atoms with van der Waals surface area (Å²) in [6.07, 6.45) is 8.56. The quantitative estimate of drug-likeness (QED) is 0.844. The average molecular weight is 333 g/mol. The maximum absolute atomic E-state index is 12.9. The summed E-state index contributed by atoms with van der Waals surface area (Å²) in [7, 11) is 0. The van der Waals surface area contributed by atoms with Crippen LogP contribution in [0.5, 0.6) is 0 Å². The Balaban J connectivity index is 1.71. The van der Waals surface area contributed by atoms with Gasteiger partial charge in [-0.25, -0.2) is 14.6 Å². The number of aromatic nitrogens is 4. The highest BCUT2D eigenvalue weighted by atomic mass is 32.1. The Morgan fingerprint density at radius 3 is 3.09 bits per heavy atom. The van der Waals surface area contributed by atoms with E-state index in [1.807, 2.05) is 16.5 Å². The zero-order chi connectivity index (χ0) is 16.2. The first-order chi connectivity index (χ1) is 11.2. The molecule has 1 aliphatic rings. The number of aryl methyl sites for hydroxylation is 2. The molecule has 1 aliphatic heterocycles. The number of nitrogens with zero attached hydrogens (tertiary/aromatic N) is 5. The molecule has 1 unspecified atom stereocenters. The van der Waals surface area contributed by atoms with E-state index >= 15 is 0 Å². The van der Waals surface area contributed by atoms with E-state index in [4.69, 9.17) is 0 Å². The first kappa shape index (κ1) is 16.1. The Morgan fingerprint density at radius 2 is 2.35 bits per heavy atom. The molecule has 0 spiro atoms. The van der Waals surface area contributed by atoms with Crippen molar-refractivity contribution in [3.8, 4) is 0 Å². The summed E-state index contributed by atoms with van der Waals surface area (Å²) in [4.78, 5) is 24.2. The Labute approximate surface area is 140 Å². The minimum atomic E-state index is 0.118. The van der Waals surface area contributed by atoms with Gasteiger partial charge in [0.2, 0.25) is 0 Å². The van der Waals surface area contributed by atoms with Crippen LogP contribution < -0.4 is 0 Å². The Kier molecular flexibility index (Phi) is 5.05. The monoisotopic (exact) mass is 333 g/mol. The first-order valence-electron chi connectivity index (χ1n) is 8.28. The number of likely N-dealkylation sites (tertiary alicyclic amines) is 1. The molecule has 3 heterocycles. The van der Waals surface area contributed by atoms with Crippen LogP contribution in [0.3, 0.4) is 0 Å². The van der Waals surface area contributed by atoms with Gasteiger partial charge in [0.15, 0.2) is 0 Å². The molecule has 0 bridgehead atoms. The van der Waals surface area contributed by atoms with Crippen LogP contribution in [0.25, 0.3) is 0 Å². The molecule has 1 saturated heterocycles. The lowest BCUT2D eigenvalue weighted by Gasteiger charge is -2.32. The van der Waals surface area contributed by atoms with Crippen LogP contribution in [-0.4, -0.2) is 43.6 Å². The van der Waals surface area contributed by atoms with E-state index in [0.29, 0.717) is 6.54 Å². The number of rotatable bonds is 5. The van der Waals surface area contributed by atoms with Gasteiger partial charge in [-0.1, -0.05) is 13.3 Å². The molecule has 0 radical (unpaired) electrons. The number of carbonyl (C=O) groups is 1. The summed E-state index contributed by atoms with van der Waals surface area (Å²) in [6, 6.07) is 0.225. The molecule has 1 atom stereocenters. The first-order valence-corrected chi connectivity index (χ1v) is 9.10. The van der Waals surface area contributed by atoms with Crippen molar-refractivity contribution >= 4 is 17.2 Å². The zero-order valence-electron chi connectivity index (χ0n) is 13.7. The molecule has 0 aromatic carbocycles. The van der Waals surface area contributed by atoms with Crippen molar-refractivity contribution in [3.63, 3.8) is 0 Å². The largest absolute Gasteiger partial charge is 0.336 e. The fourth-order valence-corrected chi connectivity index (χ4v) is 4.06. The normalized spacial score (nSPS) is 18.3. The van der Waals surface area contributed by atoms with Crippen molar-refractivity contribution in [1.29, 1.82) is 0 Å². The number of hydrogen-bond acceptors (Lipinski definition) is 5. The molecule has 7 heteroatoms. The summed E-state index contributed by atoms with van der Waals surface area (Å²) in [5.74, 6) is 0.118. The number of thiazole rings is 1. The van der Waals surface area contributed by atoms with Gasteiger partial charge in [0.1, 0.15) is 17.5 Å². The smallest absolute Gasteiger partial charge is 0.265 e. The van der Waals surface area contributed by atoms with Gasteiger partial charge >= 0.3 is 0 Å². The SMILES string of the molecule is CCCCc1nc(C)c(C(=O)N2CCCC(n3cncn3)C2)s1. The fraction of sp³-hybridized carbons (Fsp3) is 0.625. The lowest BCUT2D eigenvalue weighted by molar-refractivity contribution is 0.0676. The number of unbranched alkanes of at least 4 members (excludes halogenated alkanes) is 1. The minimum Gasteiger partial charge on any atom is -0.336 e. The summed E-state index contributed by atoms with van der Waals surface area (Å²) in [5, 5.41) is 5.30. The van der Waals surface area contributed by atoms with Crippen LogP contribution in [0.15, 0.2) is 12.7 Å². The molecule has 6 nitrogen and oxygen atoms in total. The van der Waals surface area contributed by atoms with Crippen LogP contribution in [0.1, 0.15) is 59.0 Å². The van der Waals surface area contributed by atoms with Gasteiger partial charge in [0, 0.05) is 13.1 Å². The molecule has 23 heavy (non-hydrogen) atoms. The summed E-state index contributed by atoms with van der Waals surface area (Å²) in [5.41, 5.74) is 0.869. The van der Waals surface area contributed by atoms with Gasteiger partial charge in [-0.2, -0.15) is 5.10 Å². The van der Waals surface area contributed by atoms with Crippen LogP contribution >= 0.6 is 11.3 Å². The Bertz CT molecular complexity index is 651.